The zero-order valence-electron chi connectivity index (χ0n) is 15.2. The van der Waals surface area contributed by atoms with Gasteiger partial charge in [-0.15, -0.1) is 0 Å². The number of halogens is 2. The normalized spacial score (nSPS) is 17.1. The Morgan fingerprint density at radius 3 is 2.55 bits per heavy atom. The monoisotopic (exact) mass is 440 g/mol. The summed E-state index contributed by atoms with van der Waals surface area (Å²) < 4.78 is 45.3. The first-order valence-electron chi connectivity index (χ1n) is 8.77. The molecule has 0 spiro atoms. The first kappa shape index (κ1) is 21.2. The smallest absolute Gasteiger partial charge is 0.324 e. The number of esters is 1. The van der Waals surface area contributed by atoms with E-state index >= 15 is 0 Å². The van der Waals surface area contributed by atoms with Gasteiger partial charge in [-0.3, -0.25) is 9.59 Å². The number of anilines is 1. The van der Waals surface area contributed by atoms with E-state index in [4.69, 9.17) is 16.3 Å². The van der Waals surface area contributed by atoms with Crippen molar-refractivity contribution >= 4 is 39.2 Å². The van der Waals surface area contributed by atoms with Crippen LogP contribution in [0.4, 0.5) is 10.1 Å². The third-order valence-electron chi connectivity index (χ3n) is 4.39. The van der Waals surface area contributed by atoms with Gasteiger partial charge < -0.3 is 10.1 Å². The van der Waals surface area contributed by atoms with Crippen molar-refractivity contribution in [3.63, 3.8) is 0 Å². The number of nitrogens with zero attached hydrogens (tertiary/aromatic N) is 1. The van der Waals surface area contributed by atoms with Gasteiger partial charge in [0.2, 0.25) is 10.0 Å². The minimum Gasteiger partial charge on any atom is -0.454 e. The van der Waals surface area contributed by atoms with Crippen LogP contribution in [0.1, 0.15) is 12.8 Å². The van der Waals surface area contributed by atoms with Crippen molar-refractivity contribution in [1.29, 1.82) is 0 Å². The average molecular weight is 441 g/mol. The van der Waals surface area contributed by atoms with Crippen LogP contribution in [0.5, 0.6) is 0 Å². The molecule has 29 heavy (non-hydrogen) atoms. The Labute approximate surface area is 172 Å². The maximum Gasteiger partial charge on any atom is 0.324 e. The van der Waals surface area contributed by atoms with Crippen LogP contribution in [0.2, 0.25) is 5.02 Å². The first-order valence-corrected chi connectivity index (χ1v) is 10.6. The molecule has 1 saturated heterocycles. The van der Waals surface area contributed by atoms with Crippen LogP contribution in [0.15, 0.2) is 53.4 Å². The Morgan fingerprint density at radius 1 is 1.17 bits per heavy atom. The van der Waals surface area contributed by atoms with Crippen LogP contribution < -0.4 is 5.32 Å². The Morgan fingerprint density at radius 2 is 1.86 bits per heavy atom. The molecule has 1 aliphatic rings. The van der Waals surface area contributed by atoms with Crippen molar-refractivity contribution in [1.82, 2.24) is 4.31 Å². The van der Waals surface area contributed by atoms with Crippen molar-refractivity contribution < 1.29 is 27.1 Å². The molecule has 1 N–H and O–H groups in total. The molecule has 0 aliphatic carbocycles. The number of ether oxygens (including phenoxy) is 1. The lowest BCUT2D eigenvalue weighted by Gasteiger charge is -2.22. The van der Waals surface area contributed by atoms with E-state index in [0.717, 1.165) is 4.31 Å². The van der Waals surface area contributed by atoms with Crippen LogP contribution in [0.25, 0.3) is 0 Å². The molecule has 154 valence electrons. The van der Waals surface area contributed by atoms with Gasteiger partial charge in [0.05, 0.1) is 10.6 Å². The topological polar surface area (TPSA) is 92.8 Å². The number of carbonyl (C=O) groups is 2. The zero-order chi connectivity index (χ0) is 21.0. The molecule has 0 unspecified atom stereocenters. The fraction of sp³-hybridized carbons (Fsp3) is 0.263. The highest BCUT2D eigenvalue weighted by molar-refractivity contribution is 7.89. The van der Waals surface area contributed by atoms with Crippen molar-refractivity contribution in [2.75, 3.05) is 18.5 Å². The Balaban J connectivity index is 1.63. The third kappa shape index (κ3) is 4.92. The van der Waals surface area contributed by atoms with E-state index in [1.54, 1.807) is 6.07 Å². The van der Waals surface area contributed by atoms with Gasteiger partial charge in [-0.2, -0.15) is 4.31 Å². The molecule has 10 heteroatoms. The molecule has 1 heterocycles. The van der Waals surface area contributed by atoms with Gasteiger partial charge in [-0.25, -0.2) is 12.8 Å². The predicted octanol–water partition coefficient (Wildman–Crippen LogP) is 2.81. The number of para-hydroxylation sites is 1. The zero-order valence-corrected chi connectivity index (χ0v) is 16.7. The lowest BCUT2D eigenvalue weighted by molar-refractivity contribution is -0.150. The van der Waals surface area contributed by atoms with Crippen molar-refractivity contribution in [2.45, 2.75) is 23.8 Å². The van der Waals surface area contributed by atoms with E-state index in [-0.39, 0.29) is 23.5 Å². The summed E-state index contributed by atoms with van der Waals surface area (Å²) >= 11 is 5.80. The third-order valence-corrected chi connectivity index (χ3v) is 6.56. The van der Waals surface area contributed by atoms with Gasteiger partial charge in [0.25, 0.3) is 5.91 Å². The van der Waals surface area contributed by atoms with Gasteiger partial charge in [-0.05, 0) is 49.2 Å². The summed E-state index contributed by atoms with van der Waals surface area (Å²) in [5.74, 6) is -2.18. The van der Waals surface area contributed by atoms with Crippen molar-refractivity contribution in [3.05, 3.63) is 59.4 Å². The highest BCUT2D eigenvalue weighted by Crippen LogP contribution is 2.27. The summed E-state index contributed by atoms with van der Waals surface area (Å²) in [7, 11) is -3.92. The summed E-state index contributed by atoms with van der Waals surface area (Å²) in [5.41, 5.74) is -0.0404. The van der Waals surface area contributed by atoms with E-state index in [2.05, 4.69) is 5.32 Å². The fourth-order valence-electron chi connectivity index (χ4n) is 2.99. The van der Waals surface area contributed by atoms with E-state index in [1.807, 2.05) is 0 Å². The van der Waals surface area contributed by atoms with Crippen LogP contribution in [0, 0.1) is 5.82 Å². The largest absolute Gasteiger partial charge is 0.454 e. The molecule has 0 saturated carbocycles. The SMILES string of the molecule is O=C(COC(=O)[C@@H]1CCCN1S(=O)(=O)c1ccc(Cl)cc1)Nc1ccccc1F. The standard InChI is InChI=1S/C19H18ClFN2O5S/c20-13-7-9-14(10-8-13)29(26,27)23-11-3-6-17(23)19(25)28-12-18(24)22-16-5-2-1-4-15(16)21/h1-2,4-5,7-10,17H,3,6,11-12H2,(H,22,24)/t17-/m0/s1. The molecule has 3 rings (SSSR count). The predicted molar refractivity (Wildman–Crippen MR) is 104 cm³/mol. The number of hydrogen-bond donors (Lipinski definition) is 1. The molecular weight excluding hydrogens is 423 g/mol. The van der Waals surface area contributed by atoms with Crippen molar-refractivity contribution in [2.24, 2.45) is 0 Å². The maximum atomic E-state index is 13.6. The number of rotatable bonds is 6. The molecule has 2 aromatic rings. The van der Waals surface area contributed by atoms with E-state index in [9.17, 15) is 22.4 Å². The number of hydrogen-bond acceptors (Lipinski definition) is 5. The Bertz CT molecular complexity index is 1010. The van der Waals surface area contributed by atoms with E-state index < -0.39 is 40.4 Å². The maximum absolute atomic E-state index is 13.6. The van der Waals surface area contributed by atoms with E-state index in [0.29, 0.717) is 11.4 Å². The Hall–Kier alpha value is -2.49. The van der Waals surface area contributed by atoms with Gasteiger partial charge in [-0.1, -0.05) is 23.7 Å². The lowest BCUT2D eigenvalue weighted by atomic mass is 10.2. The van der Waals surface area contributed by atoms with Crippen LogP contribution in [-0.2, 0) is 24.3 Å². The van der Waals surface area contributed by atoms with Gasteiger partial charge >= 0.3 is 5.97 Å². The second-order valence-corrected chi connectivity index (χ2v) is 8.69. The first-order chi connectivity index (χ1) is 13.8. The summed E-state index contributed by atoms with van der Waals surface area (Å²) in [5, 5.41) is 2.68. The molecule has 0 aromatic heterocycles. The molecule has 0 radical (unpaired) electrons. The molecule has 2 aromatic carbocycles. The lowest BCUT2D eigenvalue weighted by Crippen LogP contribution is -2.42. The highest BCUT2D eigenvalue weighted by atomic mass is 35.5. The molecule has 7 nitrogen and oxygen atoms in total. The number of benzene rings is 2. The molecular formula is C19H18ClFN2O5S. The van der Waals surface area contributed by atoms with Gasteiger partial charge in [0.1, 0.15) is 11.9 Å². The number of carbonyl (C=O) groups excluding carboxylic acids is 2. The molecule has 0 bridgehead atoms. The number of nitrogens with one attached hydrogen (secondary N) is 1. The van der Waals surface area contributed by atoms with Crippen LogP contribution >= 0.6 is 11.6 Å². The second-order valence-electron chi connectivity index (χ2n) is 6.36. The average Bonchev–Trinajstić information content (AvgIpc) is 3.19. The molecule has 1 aliphatic heterocycles. The minimum absolute atomic E-state index is 0.0129. The second kappa shape index (κ2) is 8.89. The Kier molecular flexibility index (Phi) is 6.51. The summed E-state index contributed by atoms with van der Waals surface area (Å²) in [4.78, 5) is 24.3. The van der Waals surface area contributed by atoms with E-state index in [1.165, 1.54) is 42.5 Å². The summed E-state index contributed by atoms with van der Waals surface area (Å²) in [6.07, 6.45) is 0.759. The molecule has 1 atom stereocenters. The number of sulfonamides is 1. The van der Waals surface area contributed by atoms with Gasteiger partial charge in [0.15, 0.2) is 6.61 Å². The quantitative estimate of drug-likeness (QED) is 0.697. The van der Waals surface area contributed by atoms with Crippen molar-refractivity contribution in [3.8, 4) is 0 Å². The minimum atomic E-state index is -3.92. The van der Waals surface area contributed by atoms with Crippen LogP contribution in [0.3, 0.4) is 0 Å². The summed E-state index contributed by atoms with van der Waals surface area (Å²) in [6.45, 7) is -0.495. The highest BCUT2D eigenvalue weighted by Gasteiger charge is 2.40. The van der Waals surface area contributed by atoms with Gasteiger partial charge in [0, 0.05) is 11.6 Å². The fourth-order valence-corrected chi connectivity index (χ4v) is 4.76. The molecule has 1 fully saturated rings. The molecule has 1 amide bonds. The summed E-state index contributed by atoms with van der Waals surface area (Å²) in [6, 6.07) is 10.2. The number of amides is 1. The van der Waals surface area contributed by atoms with Crippen LogP contribution in [-0.4, -0.2) is 43.8 Å².